The number of hydrogen-bond acceptors (Lipinski definition) is 6. The average Bonchev–Trinajstić information content (AvgIpc) is 3.44. The predicted molar refractivity (Wildman–Crippen MR) is 126 cm³/mol. The topological polar surface area (TPSA) is 108 Å². The Labute approximate surface area is 198 Å². The van der Waals surface area contributed by atoms with E-state index in [1.54, 1.807) is 0 Å². The quantitative estimate of drug-likeness (QED) is 0.480. The first-order valence-corrected chi connectivity index (χ1v) is 12.0. The summed E-state index contributed by atoms with van der Waals surface area (Å²) < 4.78 is 4.89. The highest BCUT2D eigenvalue weighted by Gasteiger charge is 2.49. The number of ether oxygens (including phenoxy) is 1. The molecule has 3 amide bonds. The van der Waals surface area contributed by atoms with Crippen molar-refractivity contribution in [2.75, 3.05) is 19.0 Å². The summed E-state index contributed by atoms with van der Waals surface area (Å²) in [5, 5.41) is 16.6. The van der Waals surface area contributed by atoms with Gasteiger partial charge in [0.15, 0.2) is 6.10 Å². The maximum atomic E-state index is 13.4. The van der Waals surface area contributed by atoms with Crippen LogP contribution in [-0.4, -0.2) is 75.8 Å². The number of carbonyl (C=O) groups excluding carboxylic acids is 3. The molecule has 4 atom stereocenters. The summed E-state index contributed by atoms with van der Waals surface area (Å²) in [4.78, 5) is 40.3. The summed E-state index contributed by atoms with van der Waals surface area (Å²) in [6.07, 6.45) is 4.78. The number of hydrogen-bond donors (Lipinski definition) is 3. The molecule has 0 saturated carbocycles. The Morgan fingerprint density at radius 2 is 2.03 bits per heavy atom. The first-order valence-electron chi connectivity index (χ1n) is 11.0. The number of aliphatic hydroxyl groups is 1. The number of carbonyl (C=O) groups is 3. The van der Waals surface area contributed by atoms with Crippen LogP contribution in [0.15, 0.2) is 30.3 Å². The van der Waals surface area contributed by atoms with Crippen LogP contribution in [0, 0.1) is 12.3 Å². The largest absolute Gasteiger partial charge is 0.381 e. The van der Waals surface area contributed by atoms with Crippen LogP contribution in [0.25, 0.3) is 0 Å². The van der Waals surface area contributed by atoms with Crippen molar-refractivity contribution in [3.8, 4) is 12.3 Å². The lowest BCUT2D eigenvalue weighted by molar-refractivity contribution is -0.148. The van der Waals surface area contributed by atoms with Gasteiger partial charge in [0.2, 0.25) is 11.8 Å². The zero-order valence-electron chi connectivity index (χ0n) is 19.0. The molecule has 1 aromatic rings. The maximum Gasteiger partial charge on any atom is 0.254 e. The molecule has 1 aromatic carbocycles. The highest BCUT2D eigenvalue weighted by Crippen LogP contribution is 2.39. The van der Waals surface area contributed by atoms with Crippen molar-refractivity contribution in [2.45, 2.75) is 62.1 Å². The third-order valence-electron chi connectivity index (χ3n) is 5.92. The van der Waals surface area contributed by atoms with Crippen LogP contribution in [-0.2, 0) is 25.5 Å². The van der Waals surface area contributed by atoms with E-state index in [0.717, 1.165) is 12.0 Å². The van der Waals surface area contributed by atoms with Gasteiger partial charge in [-0.15, -0.1) is 18.2 Å². The van der Waals surface area contributed by atoms with Gasteiger partial charge in [0.1, 0.15) is 12.1 Å². The van der Waals surface area contributed by atoms with Gasteiger partial charge in [-0.1, -0.05) is 36.3 Å². The van der Waals surface area contributed by atoms with E-state index in [9.17, 15) is 19.5 Å². The maximum absolute atomic E-state index is 13.4. The molecule has 2 aliphatic rings. The molecule has 8 nitrogen and oxygen atoms in total. The van der Waals surface area contributed by atoms with E-state index in [4.69, 9.17) is 11.2 Å². The molecule has 3 N–H and O–H groups in total. The lowest BCUT2D eigenvalue weighted by Gasteiger charge is -2.33. The van der Waals surface area contributed by atoms with Gasteiger partial charge in [-0.3, -0.25) is 14.4 Å². The zero-order chi connectivity index (χ0) is 24.0. The normalized spacial score (nSPS) is 23.4. The number of terminal acetylenes is 1. The van der Waals surface area contributed by atoms with Gasteiger partial charge in [-0.25, -0.2) is 0 Å². The standard InChI is InChI=1S/C24H31N3O5S/c1-4-12-25-22(30)20-24(2,3)33-15-27(20)23(31)19(28)17(14-16-9-6-5-7-10-16)26-21(29)18-11-8-13-32-18/h1,5-7,9-10,17-20,28H,8,11-15H2,2-3H3,(H,25,30)(H,26,29)/t17?,18-,19-,20?/m0/s1. The fourth-order valence-corrected chi connectivity index (χ4v) is 5.30. The smallest absolute Gasteiger partial charge is 0.254 e. The van der Waals surface area contributed by atoms with E-state index >= 15 is 0 Å². The second-order valence-corrected chi connectivity index (χ2v) is 10.4. The van der Waals surface area contributed by atoms with Crippen molar-refractivity contribution >= 4 is 29.5 Å². The lowest BCUT2D eigenvalue weighted by Crippen LogP contribution is -2.59. The molecule has 2 heterocycles. The molecule has 178 valence electrons. The Kier molecular flexibility index (Phi) is 8.40. The highest BCUT2D eigenvalue weighted by molar-refractivity contribution is 8.00. The predicted octanol–water partition coefficient (Wildman–Crippen LogP) is 0.683. The monoisotopic (exact) mass is 473 g/mol. The van der Waals surface area contributed by atoms with Crippen molar-refractivity contribution in [3.05, 3.63) is 35.9 Å². The van der Waals surface area contributed by atoms with Crippen LogP contribution in [0.3, 0.4) is 0 Å². The van der Waals surface area contributed by atoms with Gasteiger partial charge < -0.3 is 25.4 Å². The van der Waals surface area contributed by atoms with Crippen molar-refractivity contribution in [1.29, 1.82) is 0 Å². The van der Waals surface area contributed by atoms with Gasteiger partial charge in [0.25, 0.3) is 5.91 Å². The molecule has 0 radical (unpaired) electrons. The Balaban J connectivity index is 1.80. The molecule has 0 spiro atoms. The number of aliphatic hydroxyl groups excluding tert-OH is 1. The minimum atomic E-state index is -1.53. The molecule has 2 saturated heterocycles. The molecule has 0 aliphatic carbocycles. The number of nitrogens with one attached hydrogen (secondary N) is 2. The first-order chi connectivity index (χ1) is 15.7. The molecule has 0 aromatic heterocycles. The van der Waals surface area contributed by atoms with Crippen LogP contribution < -0.4 is 10.6 Å². The van der Waals surface area contributed by atoms with Crippen molar-refractivity contribution in [2.24, 2.45) is 0 Å². The third kappa shape index (κ3) is 6.08. The minimum Gasteiger partial charge on any atom is -0.381 e. The highest BCUT2D eigenvalue weighted by atomic mass is 32.2. The summed E-state index contributed by atoms with van der Waals surface area (Å²) in [6.45, 7) is 4.31. The zero-order valence-corrected chi connectivity index (χ0v) is 19.8. The van der Waals surface area contributed by atoms with E-state index < -0.39 is 34.9 Å². The summed E-state index contributed by atoms with van der Waals surface area (Å²) in [7, 11) is 0. The Morgan fingerprint density at radius 1 is 1.30 bits per heavy atom. The summed E-state index contributed by atoms with van der Waals surface area (Å²) in [6, 6.07) is 7.64. The molecular weight excluding hydrogens is 442 g/mol. The number of thioether (sulfide) groups is 1. The van der Waals surface area contributed by atoms with Crippen LogP contribution in [0.1, 0.15) is 32.3 Å². The SMILES string of the molecule is C#CCNC(=O)C1N(C(=O)[C@@H](O)C(Cc2ccccc2)NC(=O)[C@@H]2CCCO2)CSC1(C)C. The van der Waals surface area contributed by atoms with E-state index in [2.05, 4.69) is 16.6 Å². The van der Waals surface area contributed by atoms with Crippen LogP contribution in [0.5, 0.6) is 0 Å². The van der Waals surface area contributed by atoms with Crippen LogP contribution in [0.2, 0.25) is 0 Å². The first kappa shape index (κ1) is 25.1. The molecular formula is C24H31N3O5S. The Hall–Kier alpha value is -2.54. The molecule has 3 rings (SSSR count). The van der Waals surface area contributed by atoms with E-state index in [1.807, 2.05) is 44.2 Å². The number of amides is 3. The Morgan fingerprint density at radius 3 is 2.67 bits per heavy atom. The van der Waals surface area contributed by atoms with Gasteiger partial charge >= 0.3 is 0 Å². The summed E-state index contributed by atoms with van der Waals surface area (Å²) >= 11 is 1.45. The molecule has 33 heavy (non-hydrogen) atoms. The minimum absolute atomic E-state index is 0.0503. The van der Waals surface area contributed by atoms with Crippen LogP contribution in [0.4, 0.5) is 0 Å². The second-order valence-electron chi connectivity index (χ2n) is 8.76. The Bertz CT molecular complexity index is 895. The van der Waals surface area contributed by atoms with Crippen molar-refractivity contribution < 1.29 is 24.2 Å². The van der Waals surface area contributed by atoms with Gasteiger partial charge in [-0.05, 0) is 38.7 Å². The van der Waals surface area contributed by atoms with Crippen molar-refractivity contribution in [1.82, 2.24) is 15.5 Å². The summed E-state index contributed by atoms with van der Waals surface area (Å²) in [5.74, 6) is 1.28. The fraction of sp³-hybridized carbons (Fsp3) is 0.542. The molecule has 2 aliphatic heterocycles. The van der Waals surface area contributed by atoms with E-state index in [1.165, 1.54) is 16.7 Å². The van der Waals surface area contributed by atoms with E-state index in [-0.39, 0.29) is 30.7 Å². The second kappa shape index (κ2) is 11.1. The van der Waals surface area contributed by atoms with Crippen LogP contribution >= 0.6 is 11.8 Å². The van der Waals surface area contributed by atoms with Gasteiger partial charge in [0, 0.05) is 11.4 Å². The summed E-state index contributed by atoms with van der Waals surface area (Å²) in [5.41, 5.74) is 0.862. The average molecular weight is 474 g/mol. The van der Waals surface area contributed by atoms with Gasteiger partial charge in [0.05, 0.1) is 18.5 Å². The lowest BCUT2D eigenvalue weighted by atomic mass is 9.97. The molecule has 0 bridgehead atoms. The molecule has 9 heteroatoms. The number of benzene rings is 1. The van der Waals surface area contributed by atoms with Gasteiger partial charge in [-0.2, -0.15) is 0 Å². The molecule has 2 unspecified atom stereocenters. The van der Waals surface area contributed by atoms with E-state index in [0.29, 0.717) is 13.0 Å². The van der Waals surface area contributed by atoms with Crippen molar-refractivity contribution in [3.63, 3.8) is 0 Å². The fourth-order valence-electron chi connectivity index (χ4n) is 4.16. The third-order valence-corrected chi connectivity index (χ3v) is 7.30. The molecule has 2 fully saturated rings. The number of nitrogens with zero attached hydrogens (tertiary/aromatic N) is 1. The number of rotatable bonds is 8.